The third-order valence-electron chi connectivity index (χ3n) is 5.47. The van der Waals surface area contributed by atoms with Crippen molar-refractivity contribution in [1.82, 2.24) is 20.0 Å². The summed E-state index contributed by atoms with van der Waals surface area (Å²) in [7, 11) is 0. The molecule has 2 aromatic rings. The second-order valence-corrected chi connectivity index (χ2v) is 7.66. The number of carbonyl (C=O) groups is 1. The Morgan fingerprint density at radius 2 is 1.92 bits per heavy atom. The van der Waals surface area contributed by atoms with Gasteiger partial charge in [-0.25, -0.2) is 9.07 Å². The molecule has 2 bridgehead atoms. The minimum Gasteiger partial charge on any atom is -0.337 e. The Morgan fingerprint density at radius 3 is 2.65 bits per heavy atom. The molecule has 0 spiro atoms. The van der Waals surface area contributed by atoms with Crippen LogP contribution in [0.15, 0.2) is 30.5 Å². The van der Waals surface area contributed by atoms with E-state index in [2.05, 4.69) is 24.3 Å². The summed E-state index contributed by atoms with van der Waals surface area (Å²) in [4.78, 5) is 15.2. The van der Waals surface area contributed by atoms with Crippen molar-refractivity contribution >= 4 is 5.91 Å². The second-order valence-electron chi connectivity index (χ2n) is 7.66. The van der Waals surface area contributed by atoms with E-state index in [0.29, 0.717) is 17.6 Å². The van der Waals surface area contributed by atoms with Crippen molar-refractivity contribution in [2.24, 2.45) is 0 Å². The Labute approximate surface area is 153 Å². The standard InChI is InChI=1S/C20H25FN4O/c1-13(2)19-18(11-22-25(19)17-7-3-14(21)4-8-17)20(26)24-10-9-15-5-6-16(12-24)23-15/h3-4,7-8,11,13,15-16,23H,5-6,9-10,12H2,1-2H3. The molecule has 2 atom stereocenters. The Hall–Kier alpha value is -2.21. The van der Waals surface area contributed by atoms with Crippen molar-refractivity contribution in [3.63, 3.8) is 0 Å². The van der Waals surface area contributed by atoms with Crippen LogP contribution in [0.2, 0.25) is 0 Å². The molecule has 2 aliphatic rings. The molecule has 6 heteroatoms. The number of nitrogens with one attached hydrogen (secondary N) is 1. The molecule has 0 saturated carbocycles. The number of benzene rings is 1. The van der Waals surface area contributed by atoms with E-state index in [1.807, 2.05) is 4.90 Å². The first kappa shape index (κ1) is 17.2. The summed E-state index contributed by atoms with van der Waals surface area (Å²) in [6, 6.07) is 7.17. The molecule has 3 heterocycles. The predicted molar refractivity (Wildman–Crippen MR) is 98.1 cm³/mol. The molecule has 1 aromatic heterocycles. The van der Waals surface area contributed by atoms with Crippen molar-refractivity contribution in [3.05, 3.63) is 47.5 Å². The first-order valence-electron chi connectivity index (χ1n) is 9.42. The number of fused-ring (bicyclic) bond motifs is 2. The first-order valence-corrected chi connectivity index (χ1v) is 9.42. The lowest BCUT2D eigenvalue weighted by Crippen LogP contribution is -2.39. The monoisotopic (exact) mass is 356 g/mol. The number of nitrogens with zero attached hydrogens (tertiary/aromatic N) is 3. The van der Waals surface area contributed by atoms with Crippen LogP contribution in [0, 0.1) is 5.82 Å². The number of hydrogen-bond acceptors (Lipinski definition) is 3. The van der Waals surface area contributed by atoms with Gasteiger partial charge in [0.05, 0.1) is 23.1 Å². The van der Waals surface area contributed by atoms with Gasteiger partial charge >= 0.3 is 0 Å². The molecule has 4 rings (SSSR count). The van der Waals surface area contributed by atoms with E-state index >= 15 is 0 Å². The summed E-state index contributed by atoms with van der Waals surface area (Å²) >= 11 is 0. The van der Waals surface area contributed by atoms with Gasteiger partial charge in [-0.1, -0.05) is 13.8 Å². The Kier molecular flexibility index (Phi) is 4.53. The maximum atomic E-state index is 13.3. The number of aromatic nitrogens is 2. The van der Waals surface area contributed by atoms with Crippen LogP contribution in [0.25, 0.3) is 5.69 Å². The fourth-order valence-corrected chi connectivity index (χ4v) is 4.16. The van der Waals surface area contributed by atoms with Crippen LogP contribution >= 0.6 is 0 Å². The second kappa shape index (κ2) is 6.83. The van der Waals surface area contributed by atoms with Gasteiger partial charge in [0.25, 0.3) is 5.91 Å². The van der Waals surface area contributed by atoms with Crippen molar-refractivity contribution < 1.29 is 9.18 Å². The highest BCUT2D eigenvalue weighted by Gasteiger charge is 2.33. The fourth-order valence-electron chi connectivity index (χ4n) is 4.16. The highest BCUT2D eigenvalue weighted by atomic mass is 19.1. The van der Waals surface area contributed by atoms with Crippen LogP contribution < -0.4 is 5.32 Å². The molecule has 1 amide bonds. The summed E-state index contributed by atoms with van der Waals surface area (Å²) in [6.45, 7) is 5.65. The lowest BCUT2D eigenvalue weighted by Gasteiger charge is -2.25. The van der Waals surface area contributed by atoms with Crippen molar-refractivity contribution in [2.75, 3.05) is 13.1 Å². The number of halogens is 1. The molecular weight excluding hydrogens is 331 g/mol. The predicted octanol–water partition coefficient (Wildman–Crippen LogP) is 3.10. The topological polar surface area (TPSA) is 50.2 Å². The van der Waals surface area contributed by atoms with Gasteiger partial charge in [0.1, 0.15) is 5.82 Å². The normalized spacial score (nSPS) is 22.7. The largest absolute Gasteiger partial charge is 0.337 e. The van der Waals surface area contributed by atoms with Gasteiger partial charge in [-0.3, -0.25) is 4.79 Å². The molecule has 1 aromatic carbocycles. The average Bonchev–Trinajstić information content (AvgIpc) is 3.18. The number of likely N-dealkylation sites (tertiary alicyclic amines) is 1. The van der Waals surface area contributed by atoms with Gasteiger partial charge in [-0.05, 0) is 49.4 Å². The molecule has 2 saturated heterocycles. The zero-order valence-electron chi connectivity index (χ0n) is 15.3. The van der Waals surface area contributed by atoms with Crippen molar-refractivity contribution in [3.8, 4) is 5.69 Å². The quantitative estimate of drug-likeness (QED) is 0.919. The number of carbonyl (C=O) groups excluding carboxylic acids is 1. The van der Waals surface area contributed by atoms with E-state index in [-0.39, 0.29) is 17.6 Å². The molecule has 2 aliphatic heterocycles. The molecule has 2 fully saturated rings. The van der Waals surface area contributed by atoms with E-state index < -0.39 is 0 Å². The molecule has 0 radical (unpaired) electrons. The van der Waals surface area contributed by atoms with E-state index in [1.165, 1.54) is 18.6 Å². The van der Waals surface area contributed by atoms with Crippen LogP contribution in [-0.4, -0.2) is 45.8 Å². The first-order chi connectivity index (χ1) is 12.5. The van der Waals surface area contributed by atoms with E-state index in [1.54, 1.807) is 23.0 Å². The summed E-state index contributed by atoms with van der Waals surface area (Å²) in [5, 5.41) is 8.07. The van der Waals surface area contributed by atoms with E-state index in [4.69, 9.17) is 0 Å². The lowest BCUT2D eigenvalue weighted by atomic mass is 10.0. The maximum absolute atomic E-state index is 13.3. The molecule has 0 aliphatic carbocycles. The average molecular weight is 356 g/mol. The lowest BCUT2D eigenvalue weighted by molar-refractivity contribution is 0.0746. The Bertz CT molecular complexity index is 799. The van der Waals surface area contributed by atoms with Crippen LogP contribution in [0.1, 0.15) is 55.1 Å². The van der Waals surface area contributed by atoms with Gasteiger partial charge in [0.2, 0.25) is 0 Å². The summed E-state index contributed by atoms with van der Waals surface area (Å²) in [5.41, 5.74) is 2.30. The molecule has 5 nitrogen and oxygen atoms in total. The van der Waals surface area contributed by atoms with Gasteiger partial charge in [-0.2, -0.15) is 5.10 Å². The van der Waals surface area contributed by atoms with Crippen molar-refractivity contribution in [2.45, 2.75) is 51.1 Å². The third kappa shape index (κ3) is 3.14. The van der Waals surface area contributed by atoms with E-state index in [0.717, 1.165) is 37.3 Å². The zero-order valence-corrected chi connectivity index (χ0v) is 15.3. The number of rotatable bonds is 3. The minimum absolute atomic E-state index is 0.0522. The Morgan fingerprint density at radius 1 is 1.19 bits per heavy atom. The minimum atomic E-state index is -0.282. The molecule has 138 valence electrons. The summed E-state index contributed by atoms with van der Waals surface area (Å²) in [6.07, 6.45) is 5.02. The molecular formula is C20H25FN4O. The highest BCUT2D eigenvalue weighted by molar-refractivity contribution is 5.95. The van der Waals surface area contributed by atoms with Crippen LogP contribution in [0.5, 0.6) is 0 Å². The molecule has 2 unspecified atom stereocenters. The van der Waals surface area contributed by atoms with Crippen LogP contribution in [0.4, 0.5) is 4.39 Å². The smallest absolute Gasteiger partial charge is 0.257 e. The summed E-state index contributed by atoms with van der Waals surface area (Å²) in [5.74, 6) is -0.102. The van der Waals surface area contributed by atoms with E-state index in [9.17, 15) is 9.18 Å². The van der Waals surface area contributed by atoms with Gasteiger partial charge in [-0.15, -0.1) is 0 Å². The molecule has 1 N–H and O–H groups in total. The zero-order chi connectivity index (χ0) is 18.3. The summed E-state index contributed by atoms with van der Waals surface area (Å²) < 4.78 is 15.0. The van der Waals surface area contributed by atoms with Gasteiger partial charge < -0.3 is 10.2 Å². The van der Waals surface area contributed by atoms with Gasteiger partial charge in [0.15, 0.2) is 0 Å². The van der Waals surface area contributed by atoms with Gasteiger partial charge in [0, 0.05) is 25.2 Å². The fraction of sp³-hybridized carbons (Fsp3) is 0.500. The maximum Gasteiger partial charge on any atom is 0.257 e. The number of hydrogen-bond donors (Lipinski definition) is 1. The Balaban J connectivity index is 1.65. The van der Waals surface area contributed by atoms with Crippen molar-refractivity contribution in [1.29, 1.82) is 0 Å². The number of amides is 1. The highest BCUT2D eigenvalue weighted by Crippen LogP contribution is 2.26. The van der Waals surface area contributed by atoms with Crippen LogP contribution in [0.3, 0.4) is 0 Å². The third-order valence-corrected chi connectivity index (χ3v) is 5.47. The SMILES string of the molecule is CC(C)c1c(C(=O)N2CCC3CCC(C2)N3)cnn1-c1ccc(F)cc1. The molecule has 26 heavy (non-hydrogen) atoms. The van der Waals surface area contributed by atoms with Crippen LogP contribution in [-0.2, 0) is 0 Å².